The molecular formula is C38H53N5O9. The molecule has 4 amide bonds. The van der Waals surface area contributed by atoms with Crippen molar-refractivity contribution in [3.63, 3.8) is 0 Å². The van der Waals surface area contributed by atoms with E-state index in [0.29, 0.717) is 31.6 Å². The highest BCUT2D eigenvalue weighted by molar-refractivity contribution is 6.38. The van der Waals surface area contributed by atoms with Gasteiger partial charge in [-0.1, -0.05) is 39.3 Å². The number of benzene rings is 1. The van der Waals surface area contributed by atoms with E-state index in [9.17, 15) is 24.0 Å². The summed E-state index contributed by atoms with van der Waals surface area (Å²) >= 11 is 0. The number of aryl methyl sites for hydroxylation is 1. The summed E-state index contributed by atoms with van der Waals surface area (Å²) in [6, 6.07) is 2.71. The van der Waals surface area contributed by atoms with Gasteiger partial charge in [0, 0.05) is 25.3 Å². The van der Waals surface area contributed by atoms with Gasteiger partial charge >= 0.3 is 6.09 Å². The van der Waals surface area contributed by atoms with Gasteiger partial charge in [-0.2, -0.15) is 0 Å². The van der Waals surface area contributed by atoms with Crippen LogP contribution in [0.5, 0.6) is 5.75 Å². The van der Waals surface area contributed by atoms with Crippen LogP contribution in [0, 0.1) is 5.41 Å². The Bertz CT molecular complexity index is 1610. The maximum absolute atomic E-state index is 14.6. The Balaban J connectivity index is 1.24. The molecule has 284 valence electrons. The molecular weight excluding hydrogens is 670 g/mol. The van der Waals surface area contributed by atoms with Crippen LogP contribution in [0.2, 0.25) is 0 Å². The van der Waals surface area contributed by atoms with Gasteiger partial charge in [0.05, 0.1) is 31.5 Å². The molecule has 1 spiro atoms. The van der Waals surface area contributed by atoms with Crippen LogP contribution in [0.25, 0.3) is 0 Å². The predicted molar refractivity (Wildman–Crippen MR) is 190 cm³/mol. The fourth-order valence-corrected chi connectivity index (χ4v) is 7.31. The van der Waals surface area contributed by atoms with Gasteiger partial charge in [-0.3, -0.25) is 19.2 Å². The Morgan fingerprint density at radius 3 is 2.54 bits per heavy atom. The molecule has 1 aromatic rings. The van der Waals surface area contributed by atoms with Crippen LogP contribution in [-0.4, -0.2) is 101 Å². The molecule has 0 radical (unpaired) electrons. The minimum absolute atomic E-state index is 0.00743. The van der Waals surface area contributed by atoms with E-state index in [2.05, 4.69) is 41.0 Å². The number of nitrogens with zero attached hydrogens (tertiary/aromatic N) is 2. The topological polar surface area (TPSA) is 174 Å². The van der Waals surface area contributed by atoms with Crippen LogP contribution in [0.4, 0.5) is 4.79 Å². The number of likely N-dealkylation sites (tertiary alicyclic amines) is 1. The first-order chi connectivity index (χ1) is 24.6. The molecule has 3 fully saturated rings. The number of ether oxygens (including phenoxy) is 3. The predicted octanol–water partition coefficient (Wildman–Crippen LogP) is 3.32. The van der Waals surface area contributed by atoms with Gasteiger partial charge in [0.15, 0.2) is 5.60 Å². The third-order valence-corrected chi connectivity index (χ3v) is 10.5. The van der Waals surface area contributed by atoms with E-state index in [1.807, 2.05) is 39.8 Å². The lowest BCUT2D eigenvalue weighted by atomic mass is 9.85. The van der Waals surface area contributed by atoms with Gasteiger partial charge in [-0.05, 0) is 80.7 Å². The van der Waals surface area contributed by atoms with E-state index in [0.717, 1.165) is 42.6 Å². The van der Waals surface area contributed by atoms with Crippen LogP contribution in [0.3, 0.4) is 0 Å². The number of hydrogen-bond donors (Lipinski definition) is 3. The van der Waals surface area contributed by atoms with Gasteiger partial charge in [-0.25, -0.2) is 4.79 Å². The number of ketones is 1. The van der Waals surface area contributed by atoms with Gasteiger partial charge in [-0.15, -0.1) is 0 Å². The highest BCUT2D eigenvalue weighted by Crippen LogP contribution is 2.41. The van der Waals surface area contributed by atoms with Crippen molar-refractivity contribution in [1.82, 2.24) is 20.9 Å². The molecule has 1 saturated carbocycles. The Hall–Kier alpha value is -4.20. The van der Waals surface area contributed by atoms with Crippen molar-refractivity contribution >= 4 is 35.3 Å². The van der Waals surface area contributed by atoms with E-state index in [1.54, 1.807) is 0 Å². The molecule has 1 aliphatic carbocycles. The van der Waals surface area contributed by atoms with Gasteiger partial charge in [0.25, 0.3) is 5.91 Å². The highest BCUT2D eigenvalue weighted by atomic mass is 16.7. The van der Waals surface area contributed by atoms with Crippen LogP contribution in [-0.2, 0) is 39.9 Å². The Morgan fingerprint density at radius 1 is 1.10 bits per heavy atom. The number of Topliss-reactive ketones (excluding diaryl/α,β-unsaturated/α-hetero) is 1. The molecule has 3 N–H and O–H groups in total. The van der Waals surface area contributed by atoms with Crippen molar-refractivity contribution in [2.45, 2.75) is 141 Å². The van der Waals surface area contributed by atoms with Crippen LogP contribution in [0.15, 0.2) is 23.4 Å². The first-order valence-corrected chi connectivity index (χ1v) is 18.6. The van der Waals surface area contributed by atoms with E-state index in [1.165, 1.54) is 4.90 Å². The van der Waals surface area contributed by atoms with Crippen LogP contribution in [0.1, 0.15) is 104 Å². The maximum Gasteiger partial charge on any atom is 0.408 e. The molecule has 14 nitrogen and oxygen atoms in total. The summed E-state index contributed by atoms with van der Waals surface area (Å²) in [5.41, 5.74) is 0.564. The summed E-state index contributed by atoms with van der Waals surface area (Å²) in [4.78, 5) is 75.4. The third kappa shape index (κ3) is 8.53. The SMILES string of the molecule is CCC[C@H](NC(=O)[C@@H]1C[C@]2(CC(c3ccc4c(c3)CCC(C)(C)O4)=NO2)CN1C(=O)[C@@H](NC(=O)O[C@H]1CCOC1)C(C)(C)C)C(=O)C(=O)NC1CC1. The molecule has 1 aromatic carbocycles. The number of carbonyl (C=O) groups is 5. The second-order valence-corrected chi connectivity index (χ2v) is 16.7. The molecule has 5 aliphatic rings. The molecule has 6 rings (SSSR count). The number of carbonyl (C=O) groups excluding carboxylic acids is 5. The number of hydrogen-bond acceptors (Lipinski definition) is 10. The van der Waals surface area contributed by atoms with Crippen molar-refractivity contribution < 1.29 is 43.0 Å². The first-order valence-electron chi connectivity index (χ1n) is 18.6. The molecule has 4 aliphatic heterocycles. The summed E-state index contributed by atoms with van der Waals surface area (Å²) in [5.74, 6) is -1.69. The molecule has 0 aromatic heterocycles. The minimum atomic E-state index is -1.08. The van der Waals surface area contributed by atoms with Gasteiger partial charge in [0.1, 0.15) is 29.5 Å². The van der Waals surface area contributed by atoms with Crippen molar-refractivity contribution in [2.75, 3.05) is 19.8 Å². The largest absolute Gasteiger partial charge is 0.488 e. The third-order valence-electron chi connectivity index (χ3n) is 10.5. The fraction of sp³-hybridized carbons (Fsp3) is 0.684. The summed E-state index contributed by atoms with van der Waals surface area (Å²) in [7, 11) is 0. The first kappa shape index (κ1) is 37.6. The molecule has 2 saturated heterocycles. The smallest absolute Gasteiger partial charge is 0.408 e. The summed E-state index contributed by atoms with van der Waals surface area (Å²) in [6.07, 6.45) is 3.95. The lowest BCUT2D eigenvalue weighted by Crippen LogP contribution is -2.59. The van der Waals surface area contributed by atoms with Gasteiger partial charge in [0.2, 0.25) is 17.6 Å². The molecule has 52 heavy (non-hydrogen) atoms. The number of fused-ring (bicyclic) bond motifs is 1. The Morgan fingerprint density at radius 2 is 1.87 bits per heavy atom. The van der Waals surface area contributed by atoms with Crippen molar-refractivity contribution in [1.29, 1.82) is 0 Å². The second-order valence-electron chi connectivity index (χ2n) is 16.7. The number of oxime groups is 1. The standard InChI is InChI=1S/C38H53N5O9/c1-7-8-26(30(44)33(46)39-24-10-11-24)40-32(45)28-19-38(18-27(42-52-38)22-9-12-29-23(17-22)13-15-37(5,6)51-29)21-43(28)34(47)31(36(2,3)4)41-35(48)50-25-14-16-49-20-25/h9,12,17,24-26,28,31H,7-8,10-11,13-16,18-21H2,1-6H3,(H,39,46)(H,40,45)(H,41,48)/t25-,26-,28-,31+,38+/m0/s1. The number of rotatable bonds is 11. The molecule has 5 atom stereocenters. The van der Waals surface area contributed by atoms with E-state index < -0.39 is 64.8 Å². The average molecular weight is 724 g/mol. The normalized spacial score (nSPS) is 26.0. The van der Waals surface area contributed by atoms with E-state index in [-0.39, 0.29) is 37.6 Å². The second kappa shape index (κ2) is 14.7. The Kier molecular flexibility index (Phi) is 10.6. The summed E-state index contributed by atoms with van der Waals surface area (Å²) in [6.45, 7) is 12.2. The minimum Gasteiger partial charge on any atom is -0.488 e. The van der Waals surface area contributed by atoms with Crippen molar-refractivity contribution in [3.05, 3.63) is 29.3 Å². The number of alkyl carbamates (subject to hydrolysis) is 1. The lowest BCUT2D eigenvalue weighted by Gasteiger charge is -2.35. The Labute approximate surface area is 305 Å². The number of nitrogens with one attached hydrogen (secondary N) is 3. The molecule has 0 bridgehead atoms. The quantitative estimate of drug-likeness (QED) is 0.290. The summed E-state index contributed by atoms with van der Waals surface area (Å²) < 4.78 is 17.0. The number of amides is 4. The monoisotopic (exact) mass is 723 g/mol. The summed E-state index contributed by atoms with van der Waals surface area (Å²) in [5, 5.41) is 12.8. The van der Waals surface area contributed by atoms with Gasteiger partial charge < -0.3 is 39.9 Å². The van der Waals surface area contributed by atoms with Crippen LogP contribution >= 0.6 is 0 Å². The lowest BCUT2D eigenvalue weighted by molar-refractivity contribution is -0.144. The maximum atomic E-state index is 14.6. The van der Waals surface area contributed by atoms with Crippen molar-refractivity contribution in [3.8, 4) is 5.75 Å². The van der Waals surface area contributed by atoms with Crippen molar-refractivity contribution in [2.24, 2.45) is 10.6 Å². The van der Waals surface area contributed by atoms with E-state index >= 15 is 0 Å². The zero-order valence-electron chi connectivity index (χ0n) is 31.2. The van der Waals surface area contributed by atoms with E-state index in [4.69, 9.17) is 19.0 Å². The fourth-order valence-electron chi connectivity index (χ4n) is 7.31. The molecule has 14 heteroatoms. The van der Waals surface area contributed by atoms with Crippen LogP contribution < -0.4 is 20.7 Å². The average Bonchev–Trinajstić information content (AvgIpc) is 3.42. The molecule has 4 heterocycles. The highest BCUT2D eigenvalue weighted by Gasteiger charge is 2.56. The zero-order chi connectivity index (χ0) is 37.4. The zero-order valence-corrected chi connectivity index (χ0v) is 31.2. The molecule has 0 unspecified atom stereocenters.